The van der Waals surface area contributed by atoms with Crippen LogP contribution in [-0.2, 0) is 0 Å². The average Bonchev–Trinajstić information content (AvgIpc) is 2.33. The molecule has 0 spiro atoms. The van der Waals surface area contributed by atoms with Crippen LogP contribution in [0.3, 0.4) is 0 Å². The Labute approximate surface area is 120 Å². The Morgan fingerprint density at radius 1 is 1.30 bits per heavy atom. The predicted molar refractivity (Wildman–Crippen MR) is 81.4 cm³/mol. The minimum Gasteiger partial charge on any atom is -0.484 e. The summed E-state index contributed by atoms with van der Waals surface area (Å²) in [5.41, 5.74) is 0.544. The lowest BCUT2D eigenvalue weighted by Crippen LogP contribution is -2.10. The minimum atomic E-state index is -0.386. The van der Waals surface area contributed by atoms with Crippen molar-refractivity contribution in [3.05, 3.63) is 28.3 Å². The van der Waals surface area contributed by atoms with E-state index >= 15 is 0 Å². The first kappa shape index (κ1) is 16.3. The highest BCUT2D eigenvalue weighted by Crippen LogP contribution is 2.35. The van der Waals surface area contributed by atoms with Crippen molar-refractivity contribution in [2.24, 2.45) is 5.92 Å². The molecule has 0 unspecified atom stereocenters. The number of para-hydroxylation sites is 1. The monoisotopic (exact) mass is 280 g/mol. The molecule has 0 aromatic heterocycles. The summed E-state index contributed by atoms with van der Waals surface area (Å²) < 4.78 is 5.51. The van der Waals surface area contributed by atoms with Crippen molar-refractivity contribution in [1.29, 1.82) is 0 Å². The van der Waals surface area contributed by atoms with E-state index in [-0.39, 0.29) is 16.7 Å². The van der Waals surface area contributed by atoms with Gasteiger partial charge in [0.25, 0.3) is 0 Å². The molecule has 112 valence electrons. The summed E-state index contributed by atoms with van der Waals surface area (Å²) in [6.45, 7) is 8.77. The van der Waals surface area contributed by atoms with E-state index < -0.39 is 0 Å². The molecule has 0 atom stereocenters. The molecule has 1 aromatic rings. The quantitative estimate of drug-likeness (QED) is 0.439. The topological polar surface area (TPSA) is 64.4 Å². The van der Waals surface area contributed by atoms with Gasteiger partial charge >= 0.3 is 5.69 Å². The van der Waals surface area contributed by atoms with Crippen LogP contribution in [0, 0.1) is 16.0 Å². The molecule has 1 aromatic carbocycles. The molecule has 0 radical (unpaired) electrons. The molecule has 0 bridgehead atoms. The Bertz CT molecular complexity index is 445. The van der Waals surface area contributed by atoms with Gasteiger partial charge in [-0.2, -0.15) is 0 Å². The summed E-state index contributed by atoms with van der Waals surface area (Å²) in [5.74, 6) is 0.959. The molecule has 0 aliphatic rings. The molecule has 0 amide bonds. The SMILES string of the molecule is CC(C)CCCNc1cccc(OC(C)C)c1[N+](=O)[O-]. The smallest absolute Gasteiger partial charge is 0.333 e. The van der Waals surface area contributed by atoms with Crippen LogP contribution >= 0.6 is 0 Å². The second-order valence-electron chi connectivity index (χ2n) is 5.54. The Hall–Kier alpha value is -1.78. The number of nitro benzene ring substituents is 1. The van der Waals surface area contributed by atoms with E-state index in [2.05, 4.69) is 19.2 Å². The van der Waals surface area contributed by atoms with Crippen molar-refractivity contribution in [2.75, 3.05) is 11.9 Å². The number of nitro groups is 1. The van der Waals surface area contributed by atoms with Gasteiger partial charge in [-0.05, 0) is 44.7 Å². The van der Waals surface area contributed by atoms with Crippen LogP contribution in [0.15, 0.2) is 18.2 Å². The van der Waals surface area contributed by atoms with Crippen LogP contribution in [0.5, 0.6) is 5.75 Å². The van der Waals surface area contributed by atoms with Gasteiger partial charge in [-0.1, -0.05) is 19.9 Å². The Morgan fingerprint density at radius 3 is 2.55 bits per heavy atom. The summed E-state index contributed by atoms with van der Waals surface area (Å²) in [6.07, 6.45) is 2.00. The van der Waals surface area contributed by atoms with Crippen molar-refractivity contribution in [2.45, 2.75) is 46.6 Å². The third kappa shape index (κ3) is 5.07. The maximum absolute atomic E-state index is 11.3. The van der Waals surface area contributed by atoms with E-state index in [0.29, 0.717) is 17.4 Å². The second kappa shape index (κ2) is 7.72. The normalized spacial score (nSPS) is 10.9. The first-order chi connectivity index (χ1) is 9.41. The Kier molecular flexibility index (Phi) is 6.28. The number of rotatable bonds is 8. The summed E-state index contributed by atoms with van der Waals surface area (Å²) in [7, 11) is 0. The highest BCUT2D eigenvalue weighted by molar-refractivity contribution is 5.68. The van der Waals surface area contributed by atoms with Crippen LogP contribution in [0.1, 0.15) is 40.5 Å². The number of hydrogen-bond acceptors (Lipinski definition) is 4. The lowest BCUT2D eigenvalue weighted by Gasteiger charge is -2.13. The number of anilines is 1. The minimum absolute atomic E-state index is 0.0192. The van der Waals surface area contributed by atoms with E-state index in [1.54, 1.807) is 18.2 Å². The van der Waals surface area contributed by atoms with Crippen LogP contribution in [0.2, 0.25) is 0 Å². The number of nitrogens with zero attached hydrogens (tertiary/aromatic N) is 1. The zero-order chi connectivity index (χ0) is 15.1. The third-order valence-corrected chi connectivity index (χ3v) is 2.82. The first-order valence-corrected chi connectivity index (χ1v) is 7.09. The summed E-state index contributed by atoms with van der Waals surface area (Å²) >= 11 is 0. The van der Waals surface area contributed by atoms with Crippen LogP contribution in [-0.4, -0.2) is 17.6 Å². The van der Waals surface area contributed by atoms with Crippen molar-refractivity contribution >= 4 is 11.4 Å². The molecule has 20 heavy (non-hydrogen) atoms. The Morgan fingerprint density at radius 2 is 2.00 bits per heavy atom. The predicted octanol–water partition coefficient (Wildman–Crippen LogP) is 4.23. The summed E-state index contributed by atoms with van der Waals surface area (Å²) in [5, 5.41) is 14.4. The maximum Gasteiger partial charge on any atom is 0.333 e. The van der Waals surface area contributed by atoms with Crippen molar-refractivity contribution in [3.8, 4) is 5.75 Å². The largest absolute Gasteiger partial charge is 0.484 e. The van der Waals surface area contributed by atoms with Crippen molar-refractivity contribution < 1.29 is 9.66 Å². The van der Waals surface area contributed by atoms with E-state index in [4.69, 9.17) is 4.74 Å². The van der Waals surface area contributed by atoms with Gasteiger partial charge < -0.3 is 10.1 Å². The molecule has 0 saturated heterocycles. The van der Waals surface area contributed by atoms with Gasteiger partial charge in [0, 0.05) is 6.54 Å². The van der Waals surface area contributed by atoms with E-state index in [0.717, 1.165) is 19.4 Å². The zero-order valence-corrected chi connectivity index (χ0v) is 12.7. The molecule has 0 aliphatic heterocycles. The van der Waals surface area contributed by atoms with Crippen LogP contribution < -0.4 is 10.1 Å². The summed E-state index contributed by atoms with van der Waals surface area (Å²) in [6, 6.07) is 5.13. The van der Waals surface area contributed by atoms with Crippen LogP contribution in [0.25, 0.3) is 0 Å². The van der Waals surface area contributed by atoms with E-state index in [1.165, 1.54) is 0 Å². The molecule has 0 heterocycles. The lowest BCUT2D eigenvalue weighted by molar-refractivity contribution is -0.385. The number of ether oxygens (including phenoxy) is 1. The third-order valence-electron chi connectivity index (χ3n) is 2.82. The van der Waals surface area contributed by atoms with Gasteiger partial charge in [0.2, 0.25) is 0 Å². The number of nitrogens with one attached hydrogen (secondary N) is 1. The van der Waals surface area contributed by atoms with Gasteiger partial charge in [0.15, 0.2) is 5.75 Å². The molecule has 1 N–H and O–H groups in total. The molecular weight excluding hydrogens is 256 g/mol. The van der Waals surface area contributed by atoms with Gasteiger partial charge in [0.1, 0.15) is 5.69 Å². The van der Waals surface area contributed by atoms with Gasteiger partial charge in [0.05, 0.1) is 11.0 Å². The van der Waals surface area contributed by atoms with Crippen LogP contribution in [0.4, 0.5) is 11.4 Å². The highest BCUT2D eigenvalue weighted by Gasteiger charge is 2.21. The zero-order valence-electron chi connectivity index (χ0n) is 12.7. The molecule has 1 rings (SSSR count). The van der Waals surface area contributed by atoms with Gasteiger partial charge in [-0.3, -0.25) is 10.1 Å². The fourth-order valence-corrected chi connectivity index (χ4v) is 1.94. The van der Waals surface area contributed by atoms with Gasteiger partial charge in [-0.15, -0.1) is 0 Å². The molecule has 0 fully saturated rings. The summed E-state index contributed by atoms with van der Waals surface area (Å²) in [4.78, 5) is 10.9. The van der Waals surface area contributed by atoms with Crippen molar-refractivity contribution in [1.82, 2.24) is 0 Å². The Balaban J connectivity index is 2.81. The highest BCUT2D eigenvalue weighted by atomic mass is 16.6. The van der Waals surface area contributed by atoms with E-state index in [1.807, 2.05) is 13.8 Å². The average molecular weight is 280 g/mol. The van der Waals surface area contributed by atoms with Gasteiger partial charge in [-0.25, -0.2) is 0 Å². The molecular formula is C15H24N2O3. The molecule has 5 nitrogen and oxygen atoms in total. The maximum atomic E-state index is 11.3. The fraction of sp³-hybridized carbons (Fsp3) is 0.600. The second-order valence-corrected chi connectivity index (χ2v) is 5.54. The fourth-order valence-electron chi connectivity index (χ4n) is 1.94. The molecule has 0 saturated carbocycles. The standard InChI is InChI=1S/C15H24N2O3/c1-11(2)7-6-10-16-13-8-5-9-14(20-12(3)4)15(13)17(18)19/h5,8-9,11-12,16H,6-7,10H2,1-4H3. The first-order valence-electron chi connectivity index (χ1n) is 7.09. The molecule has 0 aliphatic carbocycles. The lowest BCUT2D eigenvalue weighted by atomic mass is 10.1. The van der Waals surface area contributed by atoms with Crippen molar-refractivity contribution in [3.63, 3.8) is 0 Å². The number of hydrogen-bond donors (Lipinski definition) is 1. The van der Waals surface area contributed by atoms with E-state index in [9.17, 15) is 10.1 Å². The molecule has 5 heteroatoms. The number of benzene rings is 1.